The lowest BCUT2D eigenvalue weighted by Crippen LogP contribution is -2.23. The second-order valence-electron chi connectivity index (χ2n) is 7.40. The highest BCUT2D eigenvalue weighted by atomic mass is 32.2. The van der Waals surface area contributed by atoms with Crippen LogP contribution >= 0.6 is 23.1 Å². The van der Waals surface area contributed by atoms with Crippen LogP contribution in [0.5, 0.6) is 17.2 Å². The number of fused-ring (bicyclic) bond motifs is 1. The molecule has 1 atom stereocenters. The van der Waals surface area contributed by atoms with Gasteiger partial charge in [-0.05, 0) is 42.6 Å². The summed E-state index contributed by atoms with van der Waals surface area (Å²) >= 11 is 2.90. The summed E-state index contributed by atoms with van der Waals surface area (Å²) < 4.78 is 18.7. The number of rotatable bonds is 7. The first-order valence-corrected chi connectivity index (χ1v) is 12.4. The molecule has 0 fully saturated rings. The molecule has 1 aliphatic heterocycles. The zero-order valence-corrected chi connectivity index (χ0v) is 20.2. The molecule has 0 bridgehead atoms. The van der Waals surface area contributed by atoms with Crippen LogP contribution in [0.3, 0.4) is 0 Å². The molecule has 1 N–H and O–H groups in total. The molecule has 174 valence electrons. The first kappa shape index (κ1) is 22.3. The lowest BCUT2D eigenvalue weighted by atomic mass is 10.2. The maximum atomic E-state index is 13.0. The average Bonchev–Trinajstić information content (AvgIpc) is 3.54. The first-order chi connectivity index (χ1) is 16.6. The number of thioether (sulfide) groups is 1. The number of aromatic nitrogens is 3. The van der Waals surface area contributed by atoms with Crippen LogP contribution in [0.4, 0.5) is 5.69 Å². The summed E-state index contributed by atoms with van der Waals surface area (Å²) in [5.41, 5.74) is 1.45. The predicted octanol–water partition coefficient (Wildman–Crippen LogP) is 4.89. The Labute approximate surface area is 204 Å². The third-order valence-corrected chi connectivity index (χ3v) is 7.07. The van der Waals surface area contributed by atoms with Gasteiger partial charge in [0.2, 0.25) is 5.91 Å². The third-order valence-electron chi connectivity index (χ3n) is 5.16. The van der Waals surface area contributed by atoms with Gasteiger partial charge in [-0.1, -0.05) is 30.0 Å². The smallest absolute Gasteiger partial charge is 0.237 e. The second-order valence-corrected chi connectivity index (χ2v) is 9.65. The van der Waals surface area contributed by atoms with E-state index in [2.05, 4.69) is 15.5 Å². The number of methoxy groups -OCH3 is 1. The summed E-state index contributed by atoms with van der Waals surface area (Å²) in [6.45, 7) is 2.85. The Kier molecular flexibility index (Phi) is 6.41. The maximum absolute atomic E-state index is 13.0. The van der Waals surface area contributed by atoms with Gasteiger partial charge in [0, 0.05) is 11.8 Å². The Morgan fingerprint density at radius 1 is 1.12 bits per heavy atom. The number of benzene rings is 2. The number of carbonyl (C=O) groups excluding carboxylic acids is 1. The van der Waals surface area contributed by atoms with Crippen LogP contribution in [0, 0.1) is 0 Å². The topological polar surface area (TPSA) is 87.5 Å². The number of thiophene rings is 1. The molecule has 0 radical (unpaired) electrons. The number of hydrogen-bond acceptors (Lipinski definition) is 8. The van der Waals surface area contributed by atoms with E-state index in [1.54, 1.807) is 36.6 Å². The fourth-order valence-electron chi connectivity index (χ4n) is 3.52. The minimum absolute atomic E-state index is 0.158. The minimum atomic E-state index is -0.443. The molecule has 0 saturated heterocycles. The number of nitrogens with one attached hydrogen (secondary N) is 1. The molecule has 2 aromatic carbocycles. The van der Waals surface area contributed by atoms with Gasteiger partial charge in [-0.15, -0.1) is 21.5 Å². The average molecular weight is 495 g/mol. The number of anilines is 1. The first-order valence-electron chi connectivity index (χ1n) is 10.6. The summed E-state index contributed by atoms with van der Waals surface area (Å²) in [5, 5.41) is 14.0. The Balaban J connectivity index is 1.41. The number of amides is 1. The van der Waals surface area contributed by atoms with Crippen LogP contribution in [0.1, 0.15) is 6.92 Å². The standard InChI is InChI=1S/C24H22N4O4S2/c1-15(23(29)25-16-9-10-19-20(14-16)32-12-11-31-19)34-24-27-26-22(21-8-5-13-33-21)28(24)17-6-3-4-7-18(17)30-2/h3-10,13-15H,11-12H2,1-2H3,(H,25,29). The Morgan fingerprint density at radius 2 is 1.94 bits per heavy atom. The van der Waals surface area contributed by atoms with Crippen molar-refractivity contribution in [3.63, 3.8) is 0 Å². The lowest BCUT2D eigenvalue weighted by Gasteiger charge is -2.19. The van der Waals surface area contributed by atoms with Crippen molar-refractivity contribution in [3.8, 4) is 33.6 Å². The number of carbonyl (C=O) groups is 1. The largest absolute Gasteiger partial charge is 0.495 e. The van der Waals surface area contributed by atoms with Gasteiger partial charge in [0.25, 0.3) is 0 Å². The van der Waals surface area contributed by atoms with Crippen LogP contribution in [0.15, 0.2) is 65.1 Å². The summed E-state index contributed by atoms with van der Waals surface area (Å²) in [7, 11) is 1.63. The molecule has 1 amide bonds. The van der Waals surface area contributed by atoms with Crippen molar-refractivity contribution in [2.45, 2.75) is 17.3 Å². The SMILES string of the molecule is COc1ccccc1-n1c(SC(C)C(=O)Nc2ccc3c(c2)OCCO3)nnc1-c1cccs1. The number of nitrogens with zero attached hydrogens (tertiary/aromatic N) is 3. The summed E-state index contributed by atoms with van der Waals surface area (Å²) in [6.07, 6.45) is 0. The van der Waals surface area contributed by atoms with E-state index in [0.717, 1.165) is 10.6 Å². The highest BCUT2D eigenvalue weighted by Gasteiger charge is 2.24. The number of para-hydroxylation sites is 2. The fourth-order valence-corrected chi connectivity index (χ4v) is 5.08. The summed E-state index contributed by atoms with van der Waals surface area (Å²) in [5.74, 6) is 2.53. The van der Waals surface area contributed by atoms with Crippen molar-refractivity contribution >= 4 is 34.7 Å². The van der Waals surface area contributed by atoms with E-state index in [4.69, 9.17) is 14.2 Å². The van der Waals surface area contributed by atoms with Gasteiger partial charge in [-0.2, -0.15) is 0 Å². The van der Waals surface area contributed by atoms with Gasteiger partial charge in [0.15, 0.2) is 22.5 Å². The van der Waals surface area contributed by atoms with Crippen molar-refractivity contribution < 1.29 is 19.0 Å². The van der Waals surface area contributed by atoms with Crippen LogP contribution < -0.4 is 19.5 Å². The Hall–Kier alpha value is -3.50. The molecule has 5 rings (SSSR count). The van der Waals surface area contributed by atoms with Crippen molar-refractivity contribution in [2.75, 3.05) is 25.6 Å². The van der Waals surface area contributed by atoms with Gasteiger partial charge in [0.05, 0.1) is 22.9 Å². The van der Waals surface area contributed by atoms with E-state index >= 15 is 0 Å². The van der Waals surface area contributed by atoms with Crippen molar-refractivity contribution in [1.82, 2.24) is 14.8 Å². The molecular formula is C24H22N4O4S2. The van der Waals surface area contributed by atoms with Crippen LogP contribution in [0.25, 0.3) is 16.4 Å². The molecule has 0 saturated carbocycles. The van der Waals surface area contributed by atoms with Crippen LogP contribution in [-0.4, -0.2) is 46.2 Å². The molecule has 8 nitrogen and oxygen atoms in total. The molecule has 0 aliphatic carbocycles. The van der Waals surface area contributed by atoms with Crippen LogP contribution in [0.2, 0.25) is 0 Å². The van der Waals surface area contributed by atoms with Crippen LogP contribution in [-0.2, 0) is 4.79 Å². The zero-order chi connectivity index (χ0) is 23.5. The van der Waals surface area contributed by atoms with Gasteiger partial charge in [-0.25, -0.2) is 0 Å². The molecule has 1 aliphatic rings. The van der Waals surface area contributed by atoms with E-state index in [1.165, 1.54) is 11.8 Å². The number of ether oxygens (including phenoxy) is 3. The molecule has 1 unspecified atom stereocenters. The van der Waals surface area contributed by atoms with E-state index in [1.807, 2.05) is 53.3 Å². The molecule has 10 heteroatoms. The third kappa shape index (κ3) is 4.46. The highest BCUT2D eigenvalue weighted by Crippen LogP contribution is 2.36. The van der Waals surface area contributed by atoms with E-state index in [0.29, 0.717) is 47.1 Å². The van der Waals surface area contributed by atoms with Crippen molar-refractivity contribution in [2.24, 2.45) is 0 Å². The molecule has 34 heavy (non-hydrogen) atoms. The van der Waals surface area contributed by atoms with E-state index in [-0.39, 0.29) is 5.91 Å². The van der Waals surface area contributed by atoms with Gasteiger partial charge in [0.1, 0.15) is 19.0 Å². The second kappa shape index (κ2) is 9.78. The minimum Gasteiger partial charge on any atom is -0.495 e. The molecule has 3 heterocycles. The summed E-state index contributed by atoms with van der Waals surface area (Å²) in [4.78, 5) is 14.0. The monoisotopic (exact) mass is 494 g/mol. The zero-order valence-electron chi connectivity index (χ0n) is 18.6. The molecule has 2 aromatic heterocycles. The predicted molar refractivity (Wildman–Crippen MR) is 133 cm³/mol. The number of hydrogen-bond donors (Lipinski definition) is 1. The van der Waals surface area contributed by atoms with E-state index in [9.17, 15) is 4.79 Å². The quantitative estimate of drug-likeness (QED) is 0.366. The maximum Gasteiger partial charge on any atom is 0.237 e. The molecular weight excluding hydrogens is 472 g/mol. The van der Waals surface area contributed by atoms with Crippen molar-refractivity contribution in [1.29, 1.82) is 0 Å². The highest BCUT2D eigenvalue weighted by molar-refractivity contribution is 8.00. The lowest BCUT2D eigenvalue weighted by molar-refractivity contribution is -0.115. The van der Waals surface area contributed by atoms with Gasteiger partial charge >= 0.3 is 0 Å². The van der Waals surface area contributed by atoms with Gasteiger partial charge < -0.3 is 19.5 Å². The molecule has 0 spiro atoms. The fraction of sp³-hybridized carbons (Fsp3) is 0.208. The van der Waals surface area contributed by atoms with Crippen molar-refractivity contribution in [3.05, 3.63) is 60.0 Å². The Morgan fingerprint density at radius 3 is 2.74 bits per heavy atom. The van der Waals surface area contributed by atoms with Gasteiger partial charge in [-0.3, -0.25) is 9.36 Å². The normalized spacial score (nSPS) is 13.4. The molecule has 4 aromatic rings. The summed E-state index contributed by atoms with van der Waals surface area (Å²) in [6, 6.07) is 17.0. The Bertz CT molecular complexity index is 1310. The van der Waals surface area contributed by atoms with E-state index < -0.39 is 5.25 Å².